The molecule has 0 bridgehead atoms. The average molecular weight is 357 g/mol. The maximum absolute atomic E-state index is 12.6. The fraction of sp³-hybridized carbons (Fsp3) is 0.350. The minimum atomic E-state index is 0.0590. The molecule has 4 nitrogen and oxygen atoms in total. The number of nitrogens with zero attached hydrogens (tertiary/aromatic N) is 1. The Balaban J connectivity index is 1.72. The van der Waals surface area contributed by atoms with E-state index in [9.17, 15) is 4.79 Å². The first-order chi connectivity index (χ1) is 12.2. The smallest absolute Gasteiger partial charge is 0.247 e. The van der Waals surface area contributed by atoms with Gasteiger partial charge in [0.15, 0.2) is 11.5 Å². The summed E-state index contributed by atoms with van der Waals surface area (Å²) in [6.07, 6.45) is 5.58. The molecule has 1 unspecified atom stereocenters. The Morgan fingerprint density at radius 3 is 2.96 bits per heavy atom. The van der Waals surface area contributed by atoms with Gasteiger partial charge in [-0.05, 0) is 55.0 Å². The van der Waals surface area contributed by atoms with Gasteiger partial charge in [0, 0.05) is 17.5 Å². The number of carbonyl (C=O) groups is 1. The first-order valence-electron chi connectivity index (χ1n) is 8.56. The fourth-order valence-electron chi connectivity index (χ4n) is 3.13. The molecule has 1 fully saturated rings. The van der Waals surface area contributed by atoms with E-state index in [4.69, 9.17) is 9.47 Å². The van der Waals surface area contributed by atoms with Crippen LogP contribution in [0, 0.1) is 0 Å². The lowest BCUT2D eigenvalue weighted by Gasteiger charge is -2.22. The Morgan fingerprint density at radius 2 is 2.24 bits per heavy atom. The number of amides is 1. The Morgan fingerprint density at radius 1 is 1.36 bits per heavy atom. The van der Waals surface area contributed by atoms with Gasteiger partial charge in [0.2, 0.25) is 5.91 Å². The van der Waals surface area contributed by atoms with Gasteiger partial charge in [-0.3, -0.25) is 4.79 Å². The molecular weight excluding hydrogens is 334 g/mol. The number of thiophene rings is 1. The average Bonchev–Trinajstić information content (AvgIpc) is 3.31. The van der Waals surface area contributed by atoms with Crippen LogP contribution in [0.2, 0.25) is 0 Å². The third-order valence-electron chi connectivity index (χ3n) is 4.31. The van der Waals surface area contributed by atoms with Gasteiger partial charge in [0.05, 0.1) is 19.8 Å². The van der Waals surface area contributed by atoms with Gasteiger partial charge < -0.3 is 14.4 Å². The van der Waals surface area contributed by atoms with Gasteiger partial charge in [-0.15, -0.1) is 11.3 Å². The number of likely N-dealkylation sites (tertiary alicyclic amines) is 1. The van der Waals surface area contributed by atoms with Crippen LogP contribution < -0.4 is 9.47 Å². The molecule has 25 heavy (non-hydrogen) atoms. The summed E-state index contributed by atoms with van der Waals surface area (Å²) in [6.45, 7) is 3.34. The van der Waals surface area contributed by atoms with Crippen molar-refractivity contribution in [2.24, 2.45) is 0 Å². The molecule has 1 aromatic carbocycles. The third kappa shape index (κ3) is 4.04. The lowest BCUT2D eigenvalue weighted by molar-refractivity contribution is -0.126. The largest absolute Gasteiger partial charge is 0.493 e. The Kier molecular flexibility index (Phi) is 5.76. The van der Waals surface area contributed by atoms with E-state index in [1.54, 1.807) is 24.5 Å². The quantitative estimate of drug-likeness (QED) is 0.713. The molecule has 2 aromatic rings. The minimum absolute atomic E-state index is 0.0590. The predicted molar refractivity (Wildman–Crippen MR) is 101 cm³/mol. The molecule has 1 saturated heterocycles. The molecule has 3 rings (SSSR count). The molecule has 0 spiro atoms. The van der Waals surface area contributed by atoms with Crippen LogP contribution in [0.3, 0.4) is 0 Å². The van der Waals surface area contributed by atoms with Crippen LogP contribution in [0.15, 0.2) is 41.8 Å². The van der Waals surface area contributed by atoms with Crippen LogP contribution in [0.25, 0.3) is 6.08 Å². The van der Waals surface area contributed by atoms with Crippen LogP contribution in [0.4, 0.5) is 0 Å². The summed E-state index contributed by atoms with van der Waals surface area (Å²) in [5.74, 6) is 1.45. The zero-order chi connectivity index (χ0) is 17.6. The molecule has 1 aromatic heterocycles. The van der Waals surface area contributed by atoms with Crippen molar-refractivity contribution < 1.29 is 14.3 Å². The number of benzene rings is 1. The van der Waals surface area contributed by atoms with E-state index in [1.165, 1.54) is 4.88 Å². The van der Waals surface area contributed by atoms with Gasteiger partial charge in [-0.25, -0.2) is 0 Å². The normalized spacial score (nSPS) is 17.2. The van der Waals surface area contributed by atoms with Crippen LogP contribution in [-0.4, -0.2) is 31.1 Å². The zero-order valence-corrected chi connectivity index (χ0v) is 15.4. The Hall–Kier alpha value is -2.27. The number of methoxy groups -OCH3 is 1. The molecule has 0 radical (unpaired) electrons. The zero-order valence-electron chi connectivity index (χ0n) is 14.6. The third-order valence-corrected chi connectivity index (χ3v) is 5.29. The highest BCUT2D eigenvalue weighted by Crippen LogP contribution is 2.34. The van der Waals surface area contributed by atoms with E-state index >= 15 is 0 Å². The lowest BCUT2D eigenvalue weighted by Crippen LogP contribution is -2.28. The van der Waals surface area contributed by atoms with Crippen LogP contribution >= 0.6 is 11.3 Å². The number of hydrogen-bond acceptors (Lipinski definition) is 4. The molecule has 0 N–H and O–H groups in total. The van der Waals surface area contributed by atoms with Gasteiger partial charge in [0.25, 0.3) is 0 Å². The van der Waals surface area contributed by atoms with Gasteiger partial charge in [0.1, 0.15) is 0 Å². The van der Waals surface area contributed by atoms with Crippen molar-refractivity contribution in [3.63, 3.8) is 0 Å². The summed E-state index contributed by atoms with van der Waals surface area (Å²) in [6, 6.07) is 10.1. The van der Waals surface area contributed by atoms with Crippen molar-refractivity contribution in [3.8, 4) is 11.5 Å². The van der Waals surface area contributed by atoms with Crippen molar-refractivity contribution >= 4 is 23.3 Å². The van der Waals surface area contributed by atoms with E-state index in [2.05, 4.69) is 11.4 Å². The second kappa shape index (κ2) is 8.21. The highest BCUT2D eigenvalue weighted by atomic mass is 32.1. The van der Waals surface area contributed by atoms with E-state index in [1.807, 2.05) is 42.2 Å². The maximum atomic E-state index is 12.6. The topological polar surface area (TPSA) is 38.8 Å². The first kappa shape index (κ1) is 17.5. The molecule has 0 aliphatic carbocycles. The lowest BCUT2D eigenvalue weighted by atomic mass is 10.1. The van der Waals surface area contributed by atoms with E-state index in [-0.39, 0.29) is 11.9 Å². The highest BCUT2D eigenvalue weighted by Gasteiger charge is 2.29. The minimum Gasteiger partial charge on any atom is -0.493 e. The summed E-state index contributed by atoms with van der Waals surface area (Å²) in [7, 11) is 1.62. The first-order valence-corrected chi connectivity index (χ1v) is 9.43. The number of carbonyl (C=O) groups excluding carboxylic acids is 1. The number of rotatable bonds is 6. The van der Waals surface area contributed by atoms with E-state index in [0.717, 1.165) is 24.9 Å². The second-order valence-corrected chi connectivity index (χ2v) is 6.86. The van der Waals surface area contributed by atoms with Crippen molar-refractivity contribution in [2.45, 2.75) is 25.8 Å². The summed E-state index contributed by atoms with van der Waals surface area (Å²) in [5, 5.41) is 2.07. The van der Waals surface area contributed by atoms with Crippen molar-refractivity contribution in [1.29, 1.82) is 0 Å². The van der Waals surface area contributed by atoms with Gasteiger partial charge in [-0.1, -0.05) is 12.1 Å². The molecular formula is C20H23NO3S. The van der Waals surface area contributed by atoms with E-state index < -0.39 is 0 Å². The van der Waals surface area contributed by atoms with Crippen molar-refractivity contribution in [3.05, 3.63) is 52.2 Å². The standard InChI is InChI=1S/C20H23NO3S/c1-3-24-17-10-8-15(14-18(17)23-2)9-11-20(22)21-12-4-6-16(21)19-7-5-13-25-19/h5,7-11,13-14,16H,3-4,6,12H2,1-2H3/b11-9+. The van der Waals surface area contributed by atoms with Crippen LogP contribution in [-0.2, 0) is 4.79 Å². The van der Waals surface area contributed by atoms with E-state index in [0.29, 0.717) is 18.1 Å². The molecule has 5 heteroatoms. The summed E-state index contributed by atoms with van der Waals surface area (Å²) >= 11 is 1.72. The van der Waals surface area contributed by atoms with Crippen LogP contribution in [0.1, 0.15) is 36.2 Å². The molecule has 0 saturated carbocycles. The maximum Gasteiger partial charge on any atom is 0.247 e. The monoisotopic (exact) mass is 357 g/mol. The molecule has 132 valence electrons. The number of hydrogen-bond donors (Lipinski definition) is 0. The molecule has 1 aliphatic rings. The number of ether oxygens (including phenoxy) is 2. The summed E-state index contributed by atoms with van der Waals surface area (Å²) < 4.78 is 10.9. The fourth-order valence-corrected chi connectivity index (χ4v) is 4.01. The second-order valence-electron chi connectivity index (χ2n) is 5.88. The van der Waals surface area contributed by atoms with Crippen molar-refractivity contribution in [2.75, 3.05) is 20.3 Å². The Bertz CT molecular complexity index is 739. The SMILES string of the molecule is CCOc1ccc(/C=C/C(=O)N2CCCC2c2cccs2)cc1OC. The Labute approximate surface area is 152 Å². The van der Waals surface area contributed by atoms with Gasteiger partial charge >= 0.3 is 0 Å². The highest BCUT2D eigenvalue weighted by molar-refractivity contribution is 7.10. The molecule has 1 atom stereocenters. The molecule has 2 heterocycles. The van der Waals surface area contributed by atoms with Crippen LogP contribution in [0.5, 0.6) is 11.5 Å². The molecule has 1 aliphatic heterocycles. The summed E-state index contributed by atoms with van der Waals surface area (Å²) in [4.78, 5) is 15.9. The summed E-state index contributed by atoms with van der Waals surface area (Å²) in [5.41, 5.74) is 0.917. The van der Waals surface area contributed by atoms with Crippen molar-refractivity contribution in [1.82, 2.24) is 4.90 Å². The van der Waals surface area contributed by atoms with Gasteiger partial charge in [-0.2, -0.15) is 0 Å². The molecule has 1 amide bonds. The predicted octanol–water partition coefficient (Wildman–Crippen LogP) is 4.53.